The number of rotatable bonds is 3. The SMILES string of the molecule is COc1ccccc1-c1nnc(C23CC4CC(CC(C4)C2)C3)n1C. The fraction of sp³-hybridized carbons (Fsp3) is 0.600. The monoisotopic (exact) mass is 323 g/mol. The molecule has 0 aliphatic heterocycles. The van der Waals surface area contributed by atoms with Crippen LogP contribution in [-0.4, -0.2) is 21.9 Å². The Morgan fingerprint density at radius 3 is 2.25 bits per heavy atom. The van der Waals surface area contributed by atoms with Crippen molar-refractivity contribution >= 4 is 0 Å². The van der Waals surface area contributed by atoms with Crippen LogP contribution in [0.25, 0.3) is 11.4 Å². The third kappa shape index (κ3) is 1.98. The Morgan fingerprint density at radius 2 is 1.62 bits per heavy atom. The van der Waals surface area contributed by atoms with Crippen molar-refractivity contribution in [3.05, 3.63) is 30.1 Å². The Hall–Kier alpha value is -1.84. The Labute approximate surface area is 143 Å². The predicted octanol–water partition coefficient (Wildman–Crippen LogP) is 3.96. The molecule has 4 bridgehead atoms. The molecule has 4 fully saturated rings. The molecule has 0 amide bonds. The van der Waals surface area contributed by atoms with E-state index in [1.807, 2.05) is 18.2 Å². The lowest BCUT2D eigenvalue weighted by Crippen LogP contribution is -2.49. The zero-order chi connectivity index (χ0) is 16.3. The van der Waals surface area contributed by atoms with Crippen molar-refractivity contribution in [3.63, 3.8) is 0 Å². The zero-order valence-corrected chi connectivity index (χ0v) is 14.5. The van der Waals surface area contributed by atoms with E-state index in [1.165, 1.54) is 44.3 Å². The highest BCUT2D eigenvalue weighted by Crippen LogP contribution is 2.60. The molecular formula is C20H25N3O. The van der Waals surface area contributed by atoms with Crippen LogP contribution in [0.4, 0.5) is 0 Å². The van der Waals surface area contributed by atoms with Gasteiger partial charge in [0.25, 0.3) is 0 Å². The van der Waals surface area contributed by atoms with E-state index in [2.05, 4.69) is 22.8 Å². The van der Waals surface area contributed by atoms with Crippen molar-refractivity contribution in [2.75, 3.05) is 7.11 Å². The standard InChI is InChI=1S/C20H25N3O/c1-23-18(16-5-3-4-6-17(16)24-2)21-22-19(23)20-10-13-7-14(11-20)9-15(8-13)12-20/h3-6,13-15H,7-12H2,1-2H3. The molecule has 1 aromatic carbocycles. The van der Waals surface area contributed by atoms with Gasteiger partial charge < -0.3 is 9.30 Å². The summed E-state index contributed by atoms with van der Waals surface area (Å²) in [5.41, 5.74) is 1.31. The second-order valence-electron chi connectivity index (χ2n) is 8.30. The summed E-state index contributed by atoms with van der Waals surface area (Å²) in [4.78, 5) is 0. The Kier molecular flexibility index (Phi) is 3.07. The summed E-state index contributed by atoms with van der Waals surface area (Å²) in [6.07, 6.45) is 8.31. The van der Waals surface area contributed by atoms with Crippen LogP contribution in [0.15, 0.2) is 24.3 Å². The van der Waals surface area contributed by atoms with E-state index >= 15 is 0 Å². The number of hydrogen-bond acceptors (Lipinski definition) is 3. The maximum Gasteiger partial charge on any atom is 0.167 e. The molecule has 0 atom stereocenters. The molecule has 0 spiro atoms. The minimum atomic E-state index is 0.275. The minimum absolute atomic E-state index is 0.275. The number of methoxy groups -OCH3 is 1. The number of ether oxygens (including phenoxy) is 1. The van der Waals surface area contributed by atoms with Crippen molar-refractivity contribution in [2.24, 2.45) is 24.8 Å². The third-order valence-electron chi connectivity index (χ3n) is 6.74. The quantitative estimate of drug-likeness (QED) is 0.858. The van der Waals surface area contributed by atoms with Crippen LogP contribution in [0.1, 0.15) is 44.3 Å². The number of aromatic nitrogens is 3. The first-order chi connectivity index (χ1) is 11.7. The number of para-hydroxylation sites is 1. The Bertz CT molecular complexity index is 744. The van der Waals surface area contributed by atoms with Crippen LogP contribution in [0.5, 0.6) is 5.75 Å². The highest BCUT2D eigenvalue weighted by molar-refractivity contribution is 5.64. The van der Waals surface area contributed by atoms with Gasteiger partial charge in [0.1, 0.15) is 11.6 Å². The summed E-state index contributed by atoms with van der Waals surface area (Å²) >= 11 is 0. The molecule has 1 aromatic heterocycles. The van der Waals surface area contributed by atoms with Crippen molar-refractivity contribution < 1.29 is 4.74 Å². The number of hydrogen-bond donors (Lipinski definition) is 0. The fourth-order valence-electron chi connectivity index (χ4n) is 6.24. The minimum Gasteiger partial charge on any atom is -0.496 e. The second kappa shape index (κ2) is 5.08. The van der Waals surface area contributed by atoms with Crippen molar-refractivity contribution in [2.45, 2.75) is 43.9 Å². The Morgan fingerprint density at radius 1 is 1.00 bits per heavy atom. The lowest BCUT2D eigenvalue weighted by Gasteiger charge is -2.56. The number of benzene rings is 1. The van der Waals surface area contributed by atoms with Crippen LogP contribution >= 0.6 is 0 Å². The maximum absolute atomic E-state index is 5.53. The van der Waals surface area contributed by atoms with E-state index in [-0.39, 0.29) is 5.41 Å². The molecule has 1 heterocycles. The highest BCUT2D eigenvalue weighted by atomic mass is 16.5. The molecule has 0 unspecified atom stereocenters. The van der Waals surface area contributed by atoms with Gasteiger partial charge in [-0.25, -0.2) is 0 Å². The van der Waals surface area contributed by atoms with Crippen LogP contribution in [0, 0.1) is 17.8 Å². The molecule has 0 N–H and O–H groups in total. The molecule has 6 rings (SSSR count). The van der Waals surface area contributed by atoms with Crippen LogP contribution in [0.3, 0.4) is 0 Å². The topological polar surface area (TPSA) is 39.9 Å². The molecule has 4 nitrogen and oxygen atoms in total. The van der Waals surface area contributed by atoms with Crippen molar-refractivity contribution in [3.8, 4) is 17.1 Å². The molecular weight excluding hydrogens is 298 g/mol. The summed E-state index contributed by atoms with van der Waals surface area (Å²) in [5.74, 6) is 5.76. The fourth-order valence-corrected chi connectivity index (χ4v) is 6.24. The average Bonchev–Trinajstić information content (AvgIpc) is 2.96. The first-order valence-corrected chi connectivity index (χ1v) is 9.22. The van der Waals surface area contributed by atoms with E-state index in [0.29, 0.717) is 0 Å². The highest BCUT2D eigenvalue weighted by Gasteiger charge is 2.53. The maximum atomic E-state index is 5.53. The smallest absolute Gasteiger partial charge is 0.167 e. The predicted molar refractivity (Wildman–Crippen MR) is 92.8 cm³/mol. The van der Waals surface area contributed by atoms with Gasteiger partial charge in [-0.3, -0.25) is 0 Å². The molecule has 24 heavy (non-hydrogen) atoms. The average molecular weight is 323 g/mol. The van der Waals surface area contributed by atoms with Gasteiger partial charge in [-0.1, -0.05) is 12.1 Å². The molecule has 4 aliphatic rings. The molecule has 4 heteroatoms. The normalized spacial score (nSPS) is 33.8. The molecule has 2 aromatic rings. The van der Waals surface area contributed by atoms with E-state index < -0.39 is 0 Å². The first kappa shape index (κ1) is 14.5. The molecule has 0 radical (unpaired) electrons. The largest absolute Gasteiger partial charge is 0.496 e. The lowest BCUT2D eigenvalue weighted by atomic mass is 9.49. The van der Waals surface area contributed by atoms with Crippen LogP contribution in [-0.2, 0) is 12.5 Å². The van der Waals surface area contributed by atoms with Crippen LogP contribution in [0.2, 0.25) is 0 Å². The summed E-state index contributed by atoms with van der Waals surface area (Å²) in [6.45, 7) is 0. The zero-order valence-electron chi connectivity index (χ0n) is 14.5. The van der Waals surface area contributed by atoms with Crippen molar-refractivity contribution in [1.82, 2.24) is 14.8 Å². The van der Waals surface area contributed by atoms with Crippen LogP contribution < -0.4 is 4.74 Å². The second-order valence-corrected chi connectivity index (χ2v) is 8.30. The van der Waals surface area contributed by atoms with Gasteiger partial charge in [-0.2, -0.15) is 0 Å². The number of nitrogens with zero attached hydrogens (tertiary/aromatic N) is 3. The van der Waals surface area contributed by atoms with Crippen molar-refractivity contribution in [1.29, 1.82) is 0 Å². The van der Waals surface area contributed by atoms with E-state index in [9.17, 15) is 0 Å². The third-order valence-corrected chi connectivity index (χ3v) is 6.74. The molecule has 4 aliphatic carbocycles. The van der Waals surface area contributed by atoms with Gasteiger partial charge in [0, 0.05) is 12.5 Å². The summed E-state index contributed by atoms with van der Waals surface area (Å²) in [7, 11) is 3.85. The van der Waals surface area contributed by atoms with Gasteiger partial charge in [0.05, 0.1) is 12.7 Å². The molecule has 4 saturated carbocycles. The summed E-state index contributed by atoms with van der Waals surface area (Å²) < 4.78 is 7.77. The van der Waals surface area contributed by atoms with E-state index in [1.54, 1.807) is 7.11 Å². The van der Waals surface area contributed by atoms with Gasteiger partial charge in [-0.05, 0) is 68.4 Å². The Balaban J connectivity index is 1.58. The van der Waals surface area contributed by atoms with Gasteiger partial charge in [-0.15, -0.1) is 10.2 Å². The van der Waals surface area contributed by atoms with Gasteiger partial charge >= 0.3 is 0 Å². The first-order valence-electron chi connectivity index (χ1n) is 9.22. The van der Waals surface area contributed by atoms with Gasteiger partial charge in [0.2, 0.25) is 0 Å². The molecule has 0 saturated heterocycles. The van der Waals surface area contributed by atoms with E-state index in [4.69, 9.17) is 9.84 Å². The summed E-state index contributed by atoms with van der Waals surface area (Å²) in [6, 6.07) is 8.11. The summed E-state index contributed by atoms with van der Waals surface area (Å²) in [5, 5.41) is 9.30. The van der Waals surface area contributed by atoms with Gasteiger partial charge in [0.15, 0.2) is 5.82 Å². The molecule has 126 valence electrons. The van der Waals surface area contributed by atoms with E-state index in [0.717, 1.165) is 34.9 Å². The lowest BCUT2D eigenvalue weighted by molar-refractivity contribution is -0.0107.